The Morgan fingerprint density at radius 3 is 2.62 bits per heavy atom. The quantitative estimate of drug-likeness (QED) is 0.731. The van der Waals surface area contributed by atoms with Crippen LogP contribution in [-0.4, -0.2) is 34.5 Å². The topological polar surface area (TPSA) is 38.1 Å². The summed E-state index contributed by atoms with van der Waals surface area (Å²) >= 11 is 0. The zero-order valence-corrected chi connectivity index (χ0v) is 10.6. The molecule has 1 aromatic heterocycles. The number of carbonyl (C=O) groups is 1. The fourth-order valence-electron chi connectivity index (χ4n) is 1.57. The van der Waals surface area contributed by atoms with Gasteiger partial charge in [-0.3, -0.25) is 4.79 Å². The second kappa shape index (κ2) is 4.96. The highest BCUT2D eigenvalue weighted by Crippen LogP contribution is 2.14. The number of hydrogen-bond donors (Lipinski definition) is 0. The van der Waals surface area contributed by atoms with E-state index < -0.39 is 0 Å². The van der Waals surface area contributed by atoms with E-state index in [9.17, 15) is 4.79 Å². The van der Waals surface area contributed by atoms with Crippen molar-refractivity contribution in [2.45, 2.75) is 26.8 Å². The molecule has 0 N–H and O–H groups in total. The van der Waals surface area contributed by atoms with Gasteiger partial charge in [0.1, 0.15) is 5.82 Å². The summed E-state index contributed by atoms with van der Waals surface area (Å²) in [7, 11) is 3.47. The SMILES string of the molecule is Cc1ncc(C=CC(=O)N(C)C)n1C(C)C. The van der Waals surface area contributed by atoms with Crippen LogP contribution in [-0.2, 0) is 4.79 Å². The number of hydrogen-bond acceptors (Lipinski definition) is 2. The molecule has 16 heavy (non-hydrogen) atoms. The van der Waals surface area contributed by atoms with Gasteiger partial charge in [0.2, 0.25) is 5.91 Å². The molecule has 1 rings (SSSR count). The zero-order valence-electron chi connectivity index (χ0n) is 10.6. The molecule has 0 aliphatic rings. The lowest BCUT2D eigenvalue weighted by Crippen LogP contribution is -2.18. The molecule has 0 saturated heterocycles. The average Bonchev–Trinajstić information content (AvgIpc) is 2.55. The van der Waals surface area contributed by atoms with Crippen LogP contribution < -0.4 is 0 Å². The fourth-order valence-corrected chi connectivity index (χ4v) is 1.57. The third-order valence-corrected chi connectivity index (χ3v) is 2.36. The van der Waals surface area contributed by atoms with Gasteiger partial charge in [0, 0.05) is 26.2 Å². The smallest absolute Gasteiger partial charge is 0.246 e. The summed E-state index contributed by atoms with van der Waals surface area (Å²) in [6.45, 7) is 6.16. The van der Waals surface area contributed by atoms with Crippen molar-refractivity contribution in [2.75, 3.05) is 14.1 Å². The van der Waals surface area contributed by atoms with Crippen molar-refractivity contribution in [1.29, 1.82) is 0 Å². The summed E-state index contributed by atoms with van der Waals surface area (Å²) in [4.78, 5) is 17.2. The van der Waals surface area contributed by atoms with Crippen LogP contribution in [0.15, 0.2) is 12.3 Å². The van der Waals surface area contributed by atoms with Crippen LogP contribution in [0.1, 0.15) is 31.4 Å². The van der Waals surface area contributed by atoms with Crippen molar-refractivity contribution in [3.05, 3.63) is 23.8 Å². The minimum atomic E-state index is -0.0193. The second-order valence-electron chi connectivity index (χ2n) is 4.26. The van der Waals surface area contributed by atoms with Crippen molar-refractivity contribution >= 4 is 12.0 Å². The molecule has 0 fully saturated rings. The average molecular weight is 221 g/mol. The summed E-state index contributed by atoms with van der Waals surface area (Å²) in [6.07, 6.45) is 5.16. The monoisotopic (exact) mass is 221 g/mol. The summed E-state index contributed by atoms with van der Waals surface area (Å²) in [5.74, 6) is 0.945. The number of aryl methyl sites for hydroxylation is 1. The van der Waals surface area contributed by atoms with E-state index in [1.165, 1.54) is 0 Å². The summed E-state index contributed by atoms with van der Waals surface area (Å²) in [6, 6.07) is 0.344. The van der Waals surface area contributed by atoms with Crippen LogP contribution in [0.2, 0.25) is 0 Å². The summed E-state index contributed by atoms with van der Waals surface area (Å²) in [5.41, 5.74) is 0.961. The molecule has 4 heteroatoms. The van der Waals surface area contributed by atoms with Gasteiger partial charge < -0.3 is 9.47 Å². The van der Waals surface area contributed by atoms with Crippen LogP contribution in [0.25, 0.3) is 6.08 Å². The van der Waals surface area contributed by atoms with Gasteiger partial charge in [0.15, 0.2) is 0 Å². The fraction of sp³-hybridized carbons (Fsp3) is 0.500. The number of aromatic nitrogens is 2. The molecule has 0 bridgehead atoms. The van der Waals surface area contributed by atoms with E-state index in [0.29, 0.717) is 6.04 Å². The normalized spacial score (nSPS) is 11.4. The van der Waals surface area contributed by atoms with Crippen molar-refractivity contribution < 1.29 is 4.79 Å². The maximum Gasteiger partial charge on any atom is 0.246 e. The van der Waals surface area contributed by atoms with Gasteiger partial charge in [0.05, 0.1) is 11.9 Å². The van der Waals surface area contributed by atoms with Crippen molar-refractivity contribution in [3.8, 4) is 0 Å². The van der Waals surface area contributed by atoms with Crippen LogP contribution in [0.4, 0.5) is 0 Å². The van der Waals surface area contributed by atoms with E-state index in [0.717, 1.165) is 11.5 Å². The Kier molecular flexibility index (Phi) is 3.88. The molecule has 1 aromatic rings. The molecular weight excluding hydrogens is 202 g/mol. The molecule has 0 saturated carbocycles. The molecule has 0 aliphatic heterocycles. The molecule has 0 aromatic carbocycles. The molecule has 88 valence electrons. The molecule has 1 amide bonds. The van der Waals surface area contributed by atoms with Crippen LogP contribution in [0.5, 0.6) is 0 Å². The highest BCUT2D eigenvalue weighted by atomic mass is 16.2. The Balaban J connectivity index is 2.94. The first kappa shape index (κ1) is 12.5. The number of rotatable bonds is 3. The Hall–Kier alpha value is -1.58. The van der Waals surface area contributed by atoms with E-state index in [-0.39, 0.29) is 5.91 Å². The van der Waals surface area contributed by atoms with Crippen molar-refractivity contribution in [3.63, 3.8) is 0 Å². The zero-order chi connectivity index (χ0) is 12.3. The Bertz CT molecular complexity index is 402. The number of amides is 1. The molecule has 0 spiro atoms. The minimum absolute atomic E-state index is 0.0193. The van der Waals surface area contributed by atoms with E-state index in [2.05, 4.69) is 23.4 Å². The van der Waals surface area contributed by atoms with Gasteiger partial charge in [-0.25, -0.2) is 4.98 Å². The molecular formula is C12H19N3O. The number of likely N-dealkylation sites (N-methyl/N-ethyl adjacent to an activating group) is 1. The lowest BCUT2D eigenvalue weighted by atomic mass is 10.3. The van der Waals surface area contributed by atoms with Gasteiger partial charge in [-0.1, -0.05) is 0 Å². The summed E-state index contributed by atoms with van der Waals surface area (Å²) in [5, 5.41) is 0. The maximum absolute atomic E-state index is 11.4. The number of carbonyl (C=O) groups excluding carboxylic acids is 1. The lowest BCUT2D eigenvalue weighted by Gasteiger charge is -2.12. The first-order chi connectivity index (χ1) is 7.43. The third-order valence-electron chi connectivity index (χ3n) is 2.36. The largest absolute Gasteiger partial charge is 0.345 e. The molecule has 0 aliphatic carbocycles. The molecule has 0 radical (unpaired) electrons. The first-order valence-electron chi connectivity index (χ1n) is 5.36. The van der Waals surface area contributed by atoms with E-state index in [1.54, 1.807) is 31.3 Å². The predicted octanol–water partition coefficient (Wildman–Crippen LogP) is 1.87. The molecule has 0 atom stereocenters. The standard InChI is InChI=1S/C12H19N3O/c1-9(2)15-10(3)13-8-11(15)6-7-12(16)14(4)5/h6-9H,1-5H3. The Morgan fingerprint density at radius 1 is 1.50 bits per heavy atom. The van der Waals surface area contributed by atoms with Gasteiger partial charge >= 0.3 is 0 Å². The second-order valence-corrected chi connectivity index (χ2v) is 4.26. The molecule has 1 heterocycles. The maximum atomic E-state index is 11.4. The van der Waals surface area contributed by atoms with Crippen molar-refractivity contribution in [2.24, 2.45) is 0 Å². The first-order valence-corrected chi connectivity index (χ1v) is 5.36. The van der Waals surface area contributed by atoms with Crippen LogP contribution in [0, 0.1) is 6.92 Å². The number of imidazole rings is 1. The van der Waals surface area contributed by atoms with Crippen molar-refractivity contribution in [1.82, 2.24) is 14.5 Å². The lowest BCUT2D eigenvalue weighted by molar-refractivity contribution is -0.123. The predicted molar refractivity (Wildman–Crippen MR) is 65.1 cm³/mol. The Morgan fingerprint density at radius 2 is 2.12 bits per heavy atom. The van der Waals surface area contributed by atoms with E-state index in [4.69, 9.17) is 0 Å². The Labute approximate surface area is 96.6 Å². The molecule has 4 nitrogen and oxygen atoms in total. The summed E-state index contributed by atoms with van der Waals surface area (Å²) < 4.78 is 2.10. The van der Waals surface area contributed by atoms with Gasteiger partial charge in [-0.2, -0.15) is 0 Å². The molecule has 0 unspecified atom stereocenters. The van der Waals surface area contributed by atoms with Gasteiger partial charge in [0.25, 0.3) is 0 Å². The van der Waals surface area contributed by atoms with Gasteiger partial charge in [-0.15, -0.1) is 0 Å². The van der Waals surface area contributed by atoms with Crippen LogP contribution in [0.3, 0.4) is 0 Å². The highest BCUT2D eigenvalue weighted by Gasteiger charge is 2.07. The van der Waals surface area contributed by atoms with E-state index in [1.807, 2.05) is 13.0 Å². The minimum Gasteiger partial charge on any atom is -0.345 e. The number of nitrogens with zero attached hydrogens (tertiary/aromatic N) is 3. The highest BCUT2D eigenvalue weighted by molar-refractivity contribution is 5.91. The van der Waals surface area contributed by atoms with Gasteiger partial charge in [-0.05, 0) is 26.8 Å². The van der Waals surface area contributed by atoms with Crippen LogP contribution >= 0.6 is 0 Å². The third kappa shape index (κ3) is 2.72. The van der Waals surface area contributed by atoms with E-state index >= 15 is 0 Å².